The van der Waals surface area contributed by atoms with Gasteiger partial charge >= 0.3 is 0 Å². The van der Waals surface area contributed by atoms with Crippen LogP contribution in [0.2, 0.25) is 0 Å². The minimum Gasteiger partial charge on any atom is -0.490 e. The zero-order valence-corrected chi connectivity index (χ0v) is 13.3. The zero-order valence-electron chi connectivity index (χ0n) is 13.3. The molecule has 0 saturated heterocycles. The largest absolute Gasteiger partial charge is 0.490 e. The Morgan fingerprint density at radius 3 is 2.62 bits per heavy atom. The monoisotopic (exact) mass is 293 g/mol. The maximum absolute atomic E-state index is 10.0. The van der Waals surface area contributed by atoms with Gasteiger partial charge in [0.05, 0.1) is 12.2 Å². The number of hydrogen-bond donors (Lipinski definition) is 2. The Kier molecular flexibility index (Phi) is 5.48. The Balaban J connectivity index is 2.00. The van der Waals surface area contributed by atoms with Crippen LogP contribution in [0.25, 0.3) is 0 Å². The highest BCUT2D eigenvalue weighted by Gasteiger charge is 2.21. The van der Waals surface area contributed by atoms with E-state index in [0.29, 0.717) is 24.8 Å². The second kappa shape index (κ2) is 7.14. The quantitative estimate of drug-likeness (QED) is 0.735. The van der Waals surface area contributed by atoms with E-state index >= 15 is 0 Å². The van der Waals surface area contributed by atoms with E-state index in [1.165, 1.54) is 18.4 Å². The van der Waals surface area contributed by atoms with Gasteiger partial charge in [0.2, 0.25) is 0 Å². The average molecular weight is 293 g/mol. The van der Waals surface area contributed by atoms with Gasteiger partial charge in [-0.1, -0.05) is 13.0 Å². The van der Waals surface area contributed by atoms with Crippen molar-refractivity contribution in [2.75, 3.05) is 13.2 Å². The molecule has 1 fully saturated rings. The van der Waals surface area contributed by atoms with E-state index in [9.17, 15) is 5.11 Å². The van der Waals surface area contributed by atoms with Crippen LogP contribution in [0.1, 0.15) is 45.6 Å². The third-order valence-electron chi connectivity index (χ3n) is 3.78. The van der Waals surface area contributed by atoms with Crippen LogP contribution in [0.5, 0.6) is 11.5 Å². The van der Waals surface area contributed by atoms with E-state index in [1.807, 2.05) is 32.0 Å². The molecule has 2 N–H and O–H groups in total. The highest BCUT2D eigenvalue weighted by atomic mass is 16.5. The third-order valence-corrected chi connectivity index (χ3v) is 3.78. The Morgan fingerprint density at radius 1 is 1.24 bits per heavy atom. The van der Waals surface area contributed by atoms with E-state index in [2.05, 4.69) is 5.32 Å². The minimum absolute atomic E-state index is 0.267. The Labute approximate surface area is 127 Å². The summed E-state index contributed by atoms with van der Waals surface area (Å²) in [6.07, 6.45) is 3.22. The summed E-state index contributed by atoms with van der Waals surface area (Å²) >= 11 is 0. The first kappa shape index (κ1) is 16.1. The van der Waals surface area contributed by atoms with E-state index in [1.54, 1.807) is 6.92 Å². The van der Waals surface area contributed by atoms with Crippen LogP contribution in [0.3, 0.4) is 0 Å². The summed E-state index contributed by atoms with van der Waals surface area (Å²) in [5, 5.41) is 13.5. The summed E-state index contributed by atoms with van der Waals surface area (Å²) in [5.74, 6) is 1.44. The summed E-state index contributed by atoms with van der Waals surface area (Å²) in [4.78, 5) is 0. The van der Waals surface area contributed by atoms with Crippen LogP contribution in [0.15, 0.2) is 18.2 Å². The Morgan fingerprint density at radius 2 is 2.00 bits per heavy atom. The molecule has 0 aromatic heterocycles. The normalized spacial score (nSPS) is 17.3. The predicted molar refractivity (Wildman–Crippen MR) is 83.9 cm³/mol. The fourth-order valence-corrected chi connectivity index (χ4v) is 1.93. The van der Waals surface area contributed by atoms with Crippen molar-refractivity contribution in [3.05, 3.63) is 23.8 Å². The molecule has 1 saturated carbocycles. The molecule has 4 nitrogen and oxygen atoms in total. The summed E-state index contributed by atoms with van der Waals surface area (Å²) in [7, 11) is 0. The van der Waals surface area contributed by atoms with Crippen LogP contribution in [-0.2, 0) is 6.54 Å². The Hall–Kier alpha value is -1.26. The fourth-order valence-electron chi connectivity index (χ4n) is 1.93. The smallest absolute Gasteiger partial charge is 0.161 e. The summed E-state index contributed by atoms with van der Waals surface area (Å²) in [5.41, 5.74) is 0.385. The molecule has 0 spiro atoms. The van der Waals surface area contributed by atoms with Crippen molar-refractivity contribution in [3.8, 4) is 11.5 Å². The zero-order chi connectivity index (χ0) is 15.3. The van der Waals surface area contributed by atoms with E-state index < -0.39 is 5.60 Å². The number of aliphatic hydroxyl groups is 1. The first-order valence-corrected chi connectivity index (χ1v) is 7.88. The van der Waals surface area contributed by atoms with Gasteiger partial charge in [0.1, 0.15) is 6.61 Å². The van der Waals surface area contributed by atoms with Gasteiger partial charge in [-0.2, -0.15) is 0 Å². The van der Waals surface area contributed by atoms with Gasteiger partial charge in [0.25, 0.3) is 0 Å². The topological polar surface area (TPSA) is 50.7 Å². The average Bonchev–Trinajstić information content (AvgIpc) is 3.29. The van der Waals surface area contributed by atoms with Crippen LogP contribution < -0.4 is 14.8 Å². The molecule has 0 heterocycles. The van der Waals surface area contributed by atoms with Crippen LogP contribution >= 0.6 is 0 Å². The van der Waals surface area contributed by atoms with Crippen LogP contribution in [-0.4, -0.2) is 30.0 Å². The van der Waals surface area contributed by atoms with Gasteiger partial charge < -0.3 is 19.9 Å². The molecule has 1 aliphatic rings. The molecule has 0 radical (unpaired) electrons. The second-order valence-electron chi connectivity index (χ2n) is 6.01. The van der Waals surface area contributed by atoms with Crippen LogP contribution in [0, 0.1) is 0 Å². The molecule has 4 heteroatoms. The molecule has 0 aliphatic heterocycles. The lowest BCUT2D eigenvalue weighted by Gasteiger charge is -2.22. The van der Waals surface area contributed by atoms with Crippen molar-refractivity contribution in [1.82, 2.24) is 5.32 Å². The third kappa shape index (κ3) is 5.21. The predicted octanol–water partition coefficient (Wildman–Crippen LogP) is 2.88. The second-order valence-corrected chi connectivity index (χ2v) is 6.01. The molecule has 0 amide bonds. The highest BCUT2D eigenvalue weighted by Crippen LogP contribution is 2.30. The first-order valence-electron chi connectivity index (χ1n) is 7.88. The molecular weight excluding hydrogens is 266 g/mol. The highest BCUT2D eigenvalue weighted by molar-refractivity contribution is 5.43. The van der Waals surface area contributed by atoms with Crippen molar-refractivity contribution in [3.63, 3.8) is 0 Å². The SMILES string of the molecule is CCOc1cc(CNC2CC2)ccc1OCC(C)(O)CC. The van der Waals surface area contributed by atoms with Crippen molar-refractivity contribution in [2.45, 2.75) is 58.2 Å². The van der Waals surface area contributed by atoms with Crippen molar-refractivity contribution >= 4 is 0 Å². The van der Waals surface area contributed by atoms with Crippen molar-refractivity contribution < 1.29 is 14.6 Å². The first-order chi connectivity index (χ1) is 10.0. The molecule has 1 atom stereocenters. The summed E-state index contributed by atoms with van der Waals surface area (Å²) in [6.45, 7) is 7.41. The number of rotatable bonds is 9. The standard InChI is InChI=1S/C17H27NO3/c1-4-17(3,19)12-21-15-9-6-13(10-16(15)20-5-2)11-18-14-7-8-14/h6,9-10,14,18-19H,4-5,7-8,11-12H2,1-3H3. The Bertz CT molecular complexity index is 455. The molecule has 118 valence electrons. The summed E-state index contributed by atoms with van der Waals surface area (Å²) < 4.78 is 11.4. The fraction of sp³-hybridized carbons (Fsp3) is 0.647. The van der Waals surface area contributed by atoms with Gasteiger partial charge in [-0.05, 0) is 50.8 Å². The molecule has 21 heavy (non-hydrogen) atoms. The van der Waals surface area contributed by atoms with Gasteiger partial charge in [0.15, 0.2) is 11.5 Å². The molecule has 0 bridgehead atoms. The number of benzene rings is 1. The molecule has 1 aliphatic carbocycles. The van der Waals surface area contributed by atoms with E-state index in [4.69, 9.17) is 9.47 Å². The van der Waals surface area contributed by atoms with Crippen LogP contribution in [0.4, 0.5) is 0 Å². The molecule has 1 unspecified atom stereocenters. The molecule has 1 aromatic rings. The van der Waals surface area contributed by atoms with Crippen molar-refractivity contribution in [2.24, 2.45) is 0 Å². The van der Waals surface area contributed by atoms with E-state index in [0.717, 1.165) is 12.3 Å². The molecule has 1 aromatic carbocycles. The van der Waals surface area contributed by atoms with Gasteiger partial charge in [-0.25, -0.2) is 0 Å². The van der Waals surface area contributed by atoms with Gasteiger partial charge in [0, 0.05) is 12.6 Å². The lowest BCUT2D eigenvalue weighted by Crippen LogP contribution is -2.31. The number of nitrogens with one attached hydrogen (secondary N) is 1. The summed E-state index contributed by atoms with van der Waals surface area (Å²) in [6, 6.07) is 6.69. The van der Waals surface area contributed by atoms with Gasteiger partial charge in [-0.15, -0.1) is 0 Å². The molecular formula is C17H27NO3. The maximum atomic E-state index is 10.0. The van der Waals surface area contributed by atoms with Crippen molar-refractivity contribution in [1.29, 1.82) is 0 Å². The maximum Gasteiger partial charge on any atom is 0.161 e. The minimum atomic E-state index is -0.810. The van der Waals surface area contributed by atoms with E-state index in [-0.39, 0.29) is 6.61 Å². The number of ether oxygens (including phenoxy) is 2. The lowest BCUT2D eigenvalue weighted by molar-refractivity contribution is 0.00761. The molecule has 2 rings (SSSR count). The number of hydrogen-bond acceptors (Lipinski definition) is 4. The lowest BCUT2D eigenvalue weighted by atomic mass is 10.1. The van der Waals surface area contributed by atoms with Gasteiger partial charge in [-0.3, -0.25) is 0 Å².